The smallest absolute Gasteiger partial charge is 0.223 e. The molecule has 1 saturated carbocycles. The van der Waals surface area contributed by atoms with Gasteiger partial charge in [0.05, 0.1) is 6.61 Å². The van der Waals surface area contributed by atoms with Gasteiger partial charge in [-0.3, -0.25) is 4.79 Å². The predicted molar refractivity (Wildman–Crippen MR) is 72.7 cm³/mol. The highest BCUT2D eigenvalue weighted by Gasteiger charge is 2.41. The van der Waals surface area contributed by atoms with Crippen LogP contribution in [0.2, 0.25) is 0 Å². The molecule has 2 aliphatic rings. The molecule has 1 heterocycles. The van der Waals surface area contributed by atoms with Crippen molar-refractivity contribution in [2.45, 2.75) is 30.8 Å². The molecule has 3 atom stereocenters. The molecule has 0 spiro atoms. The van der Waals surface area contributed by atoms with E-state index in [-0.39, 0.29) is 36.4 Å². The van der Waals surface area contributed by atoms with Crippen LogP contribution >= 0.6 is 0 Å². The molecule has 0 radical (unpaired) electrons. The molecule has 1 aliphatic carbocycles. The molecule has 0 unspecified atom stereocenters. The summed E-state index contributed by atoms with van der Waals surface area (Å²) >= 11 is 0. The van der Waals surface area contributed by atoms with Crippen molar-refractivity contribution in [1.82, 2.24) is 10.6 Å². The number of rotatable bonds is 5. The van der Waals surface area contributed by atoms with Crippen molar-refractivity contribution in [3.8, 4) is 0 Å². The molecule has 3 N–H and O–H groups in total. The first kappa shape index (κ1) is 12.6. The van der Waals surface area contributed by atoms with Crippen molar-refractivity contribution in [2.75, 3.05) is 13.2 Å². The predicted octanol–water partition coefficient (Wildman–Crippen LogP) is 0.629. The maximum Gasteiger partial charge on any atom is 0.223 e. The molecule has 4 heteroatoms. The maximum absolute atomic E-state index is 11.7. The first-order valence-electron chi connectivity index (χ1n) is 6.99. The zero-order chi connectivity index (χ0) is 13.2. The summed E-state index contributed by atoms with van der Waals surface area (Å²) in [5.74, 6) is 0.718. The van der Waals surface area contributed by atoms with Gasteiger partial charge in [-0.15, -0.1) is 0 Å². The second-order valence-electron chi connectivity index (χ2n) is 5.52. The summed E-state index contributed by atoms with van der Waals surface area (Å²) < 4.78 is 0. The fourth-order valence-corrected chi connectivity index (χ4v) is 2.84. The van der Waals surface area contributed by atoms with E-state index < -0.39 is 0 Å². The monoisotopic (exact) mass is 260 g/mol. The molecule has 1 aromatic rings. The summed E-state index contributed by atoms with van der Waals surface area (Å²) in [5.41, 5.74) is 1.23. The summed E-state index contributed by atoms with van der Waals surface area (Å²) in [4.78, 5) is 11.7. The van der Waals surface area contributed by atoms with E-state index in [9.17, 15) is 9.90 Å². The van der Waals surface area contributed by atoms with E-state index in [0.29, 0.717) is 6.54 Å². The molecule has 1 aromatic carbocycles. The highest BCUT2D eigenvalue weighted by Crippen LogP contribution is 2.32. The number of hydrogen-bond acceptors (Lipinski definition) is 3. The van der Waals surface area contributed by atoms with Crippen molar-refractivity contribution in [3.63, 3.8) is 0 Å². The Hall–Kier alpha value is -1.39. The average molecular weight is 260 g/mol. The van der Waals surface area contributed by atoms with Gasteiger partial charge < -0.3 is 15.7 Å². The van der Waals surface area contributed by atoms with Crippen LogP contribution in [0.4, 0.5) is 0 Å². The Labute approximate surface area is 113 Å². The lowest BCUT2D eigenvalue weighted by molar-refractivity contribution is -0.122. The maximum atomic E-state index is 11.7. The number of nitrogens with one attached hydrogen (secondary N) is 2. The zero-order valence-electron chi connectivity index (χ0n) is 10.9. The number of aliphatic hydroxyl groups is 1. The Bertz CT molecular complexity index is 445. The minimum absolute atomic E-state index is 0.102. The van der Waals surface area contributed by atoms with Gasteiger partial charge in [-0.1, -0.05) is 30.3 Å². The van der Waals surface area contributed by atoms with Crippen molar-refractivity contribution in [3.05, 3.63) is 35.9 Å². The molecule has 1 amide bonds. The summed E-state index contributed by atoms with van der Waals surface area (Å²) in [6.45, 7) is 0.776. The van der Waals surface area contributed by atoms with Crippen LogP contribution in [0, 0.1) is 5.92 Å². The van der Waals surface area contributed by atoms with Crippen molar-refractivity contribution in [1.29, 1.82) is 0 Å². The van der Waals surface area contributed by atoms with Crippen LogP contribution in [0.1, 0.15) is 24.3 Å². The lowest BCUT2D eigenvalue weighted by Crippen LogP contribution is -2.64. The second kappa shape index (κ2) is 5.31. The Kier molecular flexibility index (Phi) is 3.53. The van der Waals surface area contributed by atoms with Gasteiger partial charge in [0.2, 0.25) is 5.91 Å². The summed E-state index contributed by atoms with van der Waals surface area (Å²) in [5, 5.41) is 15.7. The highest BCUT2D eigenvalue weighted by molar-refractivity contribution is 5.80. The first-order valence-corrected chi connectivity index (χ1v) is 6.99. The van der Waals surface area contributed by atoms with Gasteiger partial charge >= 0.3 is 0 Å². The molecule has 3 rings (SSSR count). The van der Waals surface area contributed by atoms with Gasteiger partial charge in [-0.25, -0.2) is 0 Å². The summed E-state index contributed by atoms with van der Waals surface area (Å²) in [6.07, 6.45) is 2.07. The molecule has 0 aromatic heterocycles. The Morgan fingerprint density at radius 1 is 1.26 bits per heavy atom. The van der Waals surface area contributed by atoms with Gasteiger partial charge in [-0.2, -0.15) is 0 Å². The van der Waals surface area contributed by atoms with Gasteiger partial charge in [0, 0.05) is 30.5 Å². The van der Waals surface area contributed by atoms with Gasteiger partial charge in [0.15, 0.2) is 0 Å². The largest absolute Gasteiger partial charge is 0.395 e. The van der Waals surface area contributed by atoms with Gasteiger partial charge in [0.1, 0.15) is 0 Å². The average Bonchev–Trinajstić information content (AvgIpc) is 3.23. The van der Waals surface area contributed by atoms with E-state index in [2.05, 4.69) is 22.8 Å². The normalized spacial score (nSPS) is 29.6. The van der Waals surface area contributed by atoms with Gasteiger partial charge in [-0.05, 0) is 18.4 Å². The molecule has 102 valence electrons. The van der Waals surface area contributed by atoms with E-state index in [4.69, 9.17) is 0 Å². The minimum atomic E-state index is 0.102. The van der Waals surface area contributed by atoms with E-state index in [1.165, 1.54) is 5.56 Å². The van der Waals surface area contributed by atoms with E-state index in [1.807, 2.05) is 18.2 Å². The Morgan fingerprint density at radius 2 is 2.00 bits per heavy atom. The number of aliphatic hydroxyl groups excluding tert-OH is 1. The first-order chi connectivity index (χ1) is 9.29. The fourth-order valence-electron chi connectivity index (χ4n) is 2.84. The van der Waals surface area contributed by atoms with Crippen molar-refractivity contribution < 1.29 is 9.90 Å². The van der Waals surface area contributed by atoms with Crippen LogP contribution in [0.25, 0.3) is 0 Å². The Morgan fingerprint density at radius 3 is 2.63 bits per heavy atom. The number of hydrogen-bond donors (Lipinski definition) is 3. The molecule has 2 fully saturated rings. The van der Waals surface area contributed by atoms with E-state index in [1.54, 1.807) is 0 Å². The van der Waals surface area contributed by atoms with Crippen LogP contribution in [-0.2, 0) is 4.79 Å². The number of carbonyl (C=O) groups excluding carboxylic acids is 1. The summed E-state index contributed by atoms with van der Waals surface area (Å²) in [6, 6.07) is 10.5. The third-order valence-corrected chi connectivity index (χ3v) is 4.12. The van der Waals surface area contributed by atoms with E-state index >= 15 is 0 Å². The van der Waals surface area contributed by atoms with Crippen LogP contribution in [-0.4, -0.2) is 36.2 Å². The quantitative estimate of drug-likeness (QED) is 0.727. The lowest BCUT2D eigenvalue weighted by atomic mass is 9.77. The van der Waals surface area contributed by atoms with Gasteiger partial charge in [0.25, 0.3) is 0 Å². The molecule has 0 bridgehead atoms. The Balaban J connectivity index is 1.60. The zero-order valence-corrected chi connectivity index (χ0v) is 10.9. The van der Waals surface area contributed by atoms with Crippen LogP contribution in [0.15, 0.2) is 30.3 Å². The lowest BCUT2D eigenvalue weighted by Gasteiger charge is -2.46. The number of amides is 1. The molecule has 1 saturated heterocycles. The van der Waals surface area contributed by atoms with Crippen molar-refractivity contribution in [2.24, 2.45) is 5.92 Å². The summed E-state index contributed by atoms with van der Waals surface area (Å²) in [7, 11) is 0. The number of carbonyl (C=O) groups is 1. The van der Waals surface area contributed by atoms with Crippen LogP contribution in [0.3, 0.4) is 0 Å². The van der Waals surface area contributed by atoms with Crippen LogP contribution < -0.4 is 10.6 Å². The van der Waals surface area contributed by atoms with E-state index in [0.717, 1.165) is 12.8 Å². The highest BCUT2D eigenvalue weighted by atomic mass is 16.3. The SMILES string of the molecule is O=C(NC[C@H]1N[C@H](CO)[C@@H]1c1ccccc1)C1CC1. The second-order valence-corrected chi connectivity index (χ2v) is 5.52. The molecular formula is C15H20N2O2. The molecule has 19 heavy (non-hydrogen) atoms. The standard InChI is InChI=1S/C15H20N2O2/c18-9-13-14(10-4-2-1-3-5-10)12(17-13)8-16-15(19)11-6-7-11/h1-5,11-14,17-18H,6-9H2,(H,16,19)/t12-,13-,14-/m1/s1. The molecule has 4 nitrogen and oxygen atoms in total. The third-order valence-electron chi connectivity index (χ3n) is 4.12. The molecular weight excluding hydrogens is 240 g/mol. The van der Waals surface area contributed by atoms with Crippen LogP contribution in [0.5, 0.6) is 0 Å². The third kappa shape index (κ3) is 2.65. The topological polar surface area (TPSA) is 61.4 Å². The fraction of sp³-hybridized carbons (Fsp3) is 0.533. The minimum Gasteiger partial charge on any atom is -0.395 e. The molecule has 1 aliphatic heterocycles. The number of benzene rings is 1. The van der Waals surface area contributed by atoms with Crippen molar-refractivity contribution >= 4 is 5.91 Å².